The molecule has 0 atom stereocenters. The molecule has 0 saturated heterocycles. The molecule has 0 bridgehead atoms. The normalized spacial score (nSPS) is 13.9. The fourth-order valence-corrected chi connectivity index (χ4v) is 9.35. The summed E-state index contributed by atoms with van der Waals surface area (Å²) in [4.78, 5) is 48.6. The van der Waals surface area contributed by atoms with Gasteiger partial charge in [0.2, 0.25) is 0 Å². The van der Waals surface area contributed by atoms with Gasteiger partial charge in [-0.2, -0.15) is 5.10 Å². The number of aromatic nitrogens is 6. The van der Waals surface area contributed by atoms with Gasteiger partial charge >= 0.3 is 69.1 Å². The third-order valence-corrected chi connectivity index (χ3v) is 13.6. The number of nitrogens with two attached hydrogens (primary N) is 2. The number of hydrogen-bond donors (Lipinski definition) is 4. The van der Waals surface area contributed by atoms with Gasteiger partial charge in [-0.25, -0.2) is 34.0 Å². The largest absolute Gasteiger partial charge is 1.00 e. The van der Waals surface area contributed by atoms with E-state index in [0.717, 1.165) is 104 Å². The first-order valence-electron chi connectivity index (χ1n) is 23.9. The van der Waals surface area contributed by atoms with Crippen LogP contribution in [-0.4, -0.2) is 66.3 Å². The molecular formula is C57H58Cl2KN9O6. The van der Waals surface area contributed by atoms with E-state index in [1.807, 2.05) is 69.3 Å². The topological polar surface area (TPSA) is 235 Å². The molecule has 0 aliphatic heterocycles. The molecule has 2 aliphatic rings. The molecule has 0 spiro atoms. The van der Waals surface area contributed by atoms with Crippen molar-refractivity contribution in [2.24, 2.45) is 11.5 Å². The summed E-state index contributed by atoms with van der Waals surface area (Å²) >= 11 is 6.39. The van der Waals surface area contributed by atoms with Crippen LogP contribution in [0.25, 0.3) is 72.2 Å². The fraction of sp³-hybridized carbons (Fsp3) is 0.246. The second-order valence-electron chi connectivity index (χ2n) is 19.1. The standard InChI is InChI=1S/C29H28ClN3O2.C25H21N5O.C3H7NO2.ClH.K.H2O/c1-28(2,3)35-27(34)33-29(15-7-16-29)21-12-10-20(11-13-21)25-22(19-8-5-4-6-9-19)18-23-24(32-25)14-17-31-26(23)30;26-25(12-4-13-25)18-9-7-17(8-10-18)22-19(16-5-2-1-3-6-16)15-20-21(27-22)11-14-30-23(20)28-29-24(30)31;1-6-3(5)2-4;;;/h4-6,8-14,17-18H,7,15-16H2,1-3H3,(H,33,34);1-3,5-11,14-15H,4,12-13,26H2,(H,29,31);2,4H2,1H3;1H;;1H2/q;;;;+1;/p-1. The van der Waals surface area contributed by atoms with Crippen LogP contribution in [0.4, 0.5) is 4.79 Å². The molecule has 5 heterocycles. The Labute approximate surface area is 488 Å². The number of ether oxygens (including phenoxy) is 2. The smallest absolute Gasteiger partial charge is 0.870 e. The molecule has 2 aliphatic carbocycles. The molecule has 18 heteroatoms. The summed E-state index contributed by atoms with van der Waals surface area (Å²) in [5.41, 5.74) is 22.3. The Balaban J connectivity index is 0.000000213. The minimum absolute atomic E-state index is 0. The minimum atomic E-state index is -0.535. The monoisotopic (exact) mass is 1070 g/mol. The molecule has 11 rings (SSSR count). The zero-order chi connectivity index (χ0) is 50.6. The van der Waals surface area contributed by atoms with E-state index in [0.29, 0.717) is 10.8 Å². The molecule has 9 aromatic rings. The molecule has 0 radical (unpaired) electrons. The van der Waals surface area contributed by atoms with Gasteiger partial charge in [0.15, 0.2) is 5.65 Å². The van der Waals surface area contributed by atoms with Gasteiger partial charge in [-0.3, -0.25) is 4.79 Å². The SMILES string of the molecule is CC(C)(C)OC(=O)NC1(c2ccc(-c3nc4ccnc(Cl)c4cc3-c3ccccc3)cc2)CCC1.COC(=O)CN.Cl.NC1(c2ccc(-c3nc4ccn5c(=O)[nH]nc5c4cc3-c3ccccc3)cc2)CCC1.[K+].[OH-]. The first kappa shape index (κ1) is 58.4. The molecule has 1 amide bonds. The van der Waals surface area contributed by atoms with Crippen molar-refractivity contribution in [1.82, 2.24) is 34.9 Å². The van der Waals surface area contributed by atoms with E-state index in [1.54, 1.807) is 12.4 Å². The van der Waals surface area contributed by atoms with Gasteiger partial charge in [-0.1, -0.05) is 121 Å². The van der Waals surface area contributed by atoms with Crippen molar-refractivity contribution < 1.29 is 75.9 Å². The number of carbonyl (C=O) groups is 2. The Morgan fingerprint density at radius 1 is 0.747 bits per heavy atom. The van der Waals surface area contributed by atoms with Crippen molar-refractivity contribution in [3.8, 4) is 44.8 Å². The molecule has 2 saturated carbocycles. The third kappa shape index (κ3) is 12.9. The molecule has 4 aromatic carbocycles. The summed E-state index contributed by atoms with van der Waals surface area (Å²) in [7, 11) is 1.30. The Hall–Kier alpha value is -5.89. The molecular weight excluding hydrogens is 1020 g/mol. The number of fused-ring (bicyclic) bond motifs is 4. The maximum Gasteiger partial charge on any atom is 1.00 e. The van der Waals surface area contributed by atoms with E-state index in [-0.39, 0.29) is 105 Å². The second kappa shape index (κ2) is 24.8. The maximum absolute atomic E-state index is 12.5. The van der Waals surface area contributed by atoms with Crippen LogP contribution >= 0.6 is 24.0 Å². The van der Waals surface area contributed by atoms with Gasteiger partial charge in [0, 0.05) is 51.0 Å². The quantitative estimate of drug-likeness (QED) is 0.0642. The van der Waals surface area contributed by atoms with Gasteiger partial charge in [0.25, 0.3) is 0 Å². The number of pyridine rings is 4. The summed E-state index contributed by atoms with van der Waals surface area (Å²) in [5, 5.41) is 12.0. The molecule has 382 valence electrons. The summed E-state index contributed by atoms with van der Waals surface area (Å²) < 4.78 is 11.2. The average molecular weight is 1080 g/mol. The molecule has 2 fully saturated rings. The number of alkyl carbamates (subject to hydrolysis) is 1. The van der Waals surface area contributed by atoms with Crippen LogP contribution in [0.1, 0.15) is 70.4 Å². The number of esters is 1. The summed E-state index contributed by atoms with van der Waals surface area (Å²) in [6.07, 6.45) is 9.11. The number of nitrogens with one attached hydrogen (secondary N) is 2. The Morgan fingerprint density at radius 3 is 1.73 bits per heavy atom. The zero-order valence-electron chi connectivity index (χ0n) is 42.5. The minimum Gasteiger partial charge on any atom is -0.870 e. The van der Waals surface area contributed by atoms with E-state index >= 15 is 0 Å². The molecule has 5 aromatic heterocycles. The van der Waals surface area contributed by atoms with Crippen LogP contribution in [0.2, 0.25) is 5.15 Å². The van der Waals surface area contributed by atoms with E-state index in [2.05, 4.69) is 110 Å². The van der Waals surface area contributed by atoms with Gasteiger partial charge in [-0.15, -0.1) is 12.4 Å². The average Bonchev–Trinajstić information content (AvgIpc) is 3.76. The Morgan fingerprint density at radius 2 is 1.27 bits per heavy atom. The number of carbonyl (C=O) groups excluding carboxylic acids is 2. The van der Waals surface area contributed by atoms with E-state index < -0.39 is 5.60 Å². The van der Waals surface area contributed by atoms with Crippen LogP contribution in [0.15, 0.2) is 151 Å². The van der Waals surface area contributed by atoms with Crippen molar-refractivity contribution in [3.63, 3.8) is 0 Å². The molecule has 7 N–H and O–H groups in total. The van der Waals surface area contributed by atoms with Crippen molar-refractivity contribution in [3.05, 3.63) is 173 Å². The van der Waals surface area contributed by atoms with Crippen LogP contribution in [0, 0.1) is 0 Å². The predicted molar refractivity (Wildman–Crippen MR) is 292 cm³/mol. The van der Waals surface area contributed by atoms with Gasteiger partial charge in [0.1, 0.15) is 10.8 Å². The van der Waals surface area contributed by atoms with Crippen LogP contribution in [0.5, 0.6) is 0 Å². The van der Waals surface area contributed by atoms with Gasteiger partial charge in [-0.05, 0) is 106 Å². The summed E-state index contributed by atoms with van der Waals surface area (Å²) in [6.45, 7) is 5.59. The van der Waals surface area contributed by atoms with Crippen molar-refractivity contribution >= 4 is 63.5 Å². The van der Waals surface area contributed by atoms with E-state index in [9.17, 15) is 14.4 Å². The third-order valence-electron chi connectivity index (χ3n) is 13.3. The van der Waals surface area contributed by atoms with Crippen LogP contribution in [0.3, 0.4) is 0 Å². The summed E-state index contributed by atoms with van der Waals surface area (Å²) in [6, 6.07) is 45.0. The van der Waals surface area contributed by atoms with Crippen molar-refractivity contribution in [2.45, 2.75) is 76.0 Å². The molecule has 0 unspecified atom stereocenters. The number of amides is 1. The number of benzene rings is 4. The number of rotatable bonds is 8. The van der Waals surface area contributed by atoms with E-state index in [4.69, 9.17) is 37.8 Å². The first-order valence-corrected chi connectivity index (χ1v) is 24.3. The molecule has 75 heavy (non-hydrogen) atoms. The Kier molecular flexibility index (Phi) is 19.3. The predicted octanol–water partition coefficient (Wildman–Crippen LogP) is 8.13. The van der Waals surface area contributed by atoms with Crippen LogP contribution < -0.4 is 73.9 Å². The van der Waals surface area contributed by atoms with Crippen molar-refractivity contribution in [2.75, 3.05) is 13.7 Å². The van der Waals surface area contributed by atoms with Gasteiger partial charge < -0.3 is 31.7 Å². The molecule has 15 nitrogen and oxygen atoms in total. The number of aromatic amines is 1. The number of hydrogen-bond acceptors (Lipinski definition) is 12. The fourth-order valence-electron chi connectivity index (χ4n) is 9.14. The maximum atomic E-state index is 12.5. The van der Waals surface area contributed by atoms with Crippen LogP contribution in [-0.2, 0) is 25.3 Å². The summed E-state index contributed by atoms with van der Waals surface area (Å²) in [5.74, 6) is -0.380. The number of nitrogens with zero attached hydrogens (tertiary/aromatic N) is 5. The van der Waals surface area contributed by atoms with Gasteiger partial charge in [0.05, 0.1) is 41.6 Å². The number of H-pyrrole nitrogens is 1. The van der Waals surface area contributed by atoms with Crippen molar-refractivity contribution in [1.29, 1.82) is 0 Å². The zero-order valence-corrected chi connectivity index (χ0v) is 47.2. The number of halogens is 2. The first-order chi connectivity index (χ1) is 34.7. The van der Waals surface area contributed by atoms with E-state index in [1.165, 1.54) is 23.5 Å². The second-order valence-corrected chi connectivity index (χ2v) is 19.5. The Bertz CT molecular complexity index is 3470. The number of methoxy groups -OCH3 is 1.